The highest BCUT2D eigenvalue weighted by atomic mass is 32.1. The summed E-state index contributed by atoms with van der Waals surface area (Å²) in [6.07, 6.45) is 0. The monoisotopic (exact) mass is 402 g/mol. The maximum Gasteiger partial charge on any atom is 0.358 e. The zero-order chi connectivity index (χ0) is 18.6. The fourth-order valence-electron chi connectivity index (χ4n) is 2.40. The second-order valence-corrected chi connectivity index (χ2v) is 7.30. The summed E-state index contributed by atoms with van der Waals surface area (Å²) in [5, 5.41) is 6.97. The van der Waals surface area contributed by atoms with Crippen molar-refractivity contribution >= 4 is 40.2 Å². The van der Waals surface area contributed by atoms with Crippen LogP contribution in [0, 0.1) is 0 Å². The number of aromatic nitrogens is 1. The first-order chi connectivity index (χ1) is 13.2. The highest BCUT2D eigenvalue weighted by molar-refractivity contribution is 7.20. The Morgan fingerprint density at radius 1 is 1.15 bits per heavy atom. The van der Waals surface area contributed by atoms with Gasteiger partial charge < -0.3 is 19.5 Å². The summed E-state index contributed by atoms with van der Waals surface area (Å²) in [7, 11) is 0. The molecular formula is C18H14N2O5S2. The maximum atomic E-state index is 12.1. The first-order valence-electron chi connectivity index (χ1n) is 8.05. The maximum absolute atomic E-state index is 12.1. The van der Waals surface area contributed by atoms with Crippen LogP contribution in [0.5, 0.6) is 11.5 Å². The van der Waals surface area contributed by atoms with Gasteiger partial charge in [0, 0.05) is 17.1 Å². The molecule has 3 aromatic rings. The van der Waals surface area contributed by atoms with E-state index in [9.17, 15) is 9.59 Å². The summed E-state index contributed by atoms with van der Waals surface area (Å²) < 4.78 is 15.9. The van der Waals surface area contributed by atoms with Gasteiger partial charge in [-0.05, 0) is 23.6 Å². The Morgan fingerprint density at radius 2 is 2.00 bits per heavy atom. The van der Waals surface area contributed by atoms with E-state index in [4.69, 9.17) is 14.2 Å². The normalized spacial score (nSPS) is 12.4. The van der Waals surface area contributed by atoms with Crippen LogP contribution in [0.1, 0.15) is 10.5 Å². The average Bonchev–Trinajstić information content (AvgIpc) is 3.37. The van der Waals surface area contributed by atoms with E-state index in [2.05, 4.69) is 10.3 Å². The van der Waals surface area contributed by atoms with Crippen molar-refractivity contribution in [2.24, 2.45) is 0 Å². The van der Waals surface area contributed by atoms with Crippen LogP contribution >= 0.6 is 22.7 Å². The average molecular weight is 402 g/mol. The smallest absolute Gasteiger partial charge is 0.358 e. The van der Waals surface area contributed by atoms with Gasteiger partial charge in [-0.25, -0.2) is 9.78 Å². The summed E-state index contributed by atoms with van der Waals surface area (Å²) in [6.45, 7) is 0.557. The van der Waals surface area contributed by atoms with Crippen LogP contribution < -0.4 is 14.8 Å². The zero-order valence-electron chi connectivity index (χ0n) is 14.0. The molecule has 1 aliphatic rings. The standard InChI is InChI=1S/C18H14N2O5S2/c21-16(19-11-3-4-13-14(8-11)24-6-5-23-13)9-25-18(22)12-10-27-17(20-12)15-2-1-7-26-15/h1-4,7-8,10H,5-6,9H2,(H,19,21). The lowest BCUT2D eigenvalue weighted by Gasteiger charge is -2.18. The van der Waals surface area contributed by atoms with Gasteiger partial charge in [-0.3, -0.25) is 4.79 Å². The number of carbonyl (C=O) groups is 2. The predicted molar refractivity (Wildman–Crippen MR) is 102 cm³/mol. The summed E-state index contributed by atoms with van der Waals surface area (Å²) in [4.78, 5) is 29.4. The molecule has 0 saturated carbocycles. The minimum Gasteiger partial charge on any atom is -0.486 e. The number of thiazole rings is 1. The predicted octanol–water partition coefficient (Wildman–Crippen LogP) is 3.44. The number of anilines is 1. The molecule has 3 heterocycles. The summed E-state index contributed by atoms with van der Waals surface area (Å²) in [6, 6.07) is 8.93. The molecule has 1 amide bonds. The Bertz CT molecular complexity index is 968. The molecule has 0 atom stereocenters. The van der Waals surface area contributed by atoms with E-state index in [1.165, 1.54) is 11.3 Å². The number of benzene rings is 1. The first kappa shape index (κ1) is 17.5. The number of fused-ring (bicyclic) bond motifs is 1. The fraction of sp³-hybridized carbons (Fsp3) is 0.167. The molecule has 0 aliphatic carbocycles. The highest BCUT2D eigenvalue weighted by Gasteiger charge is 2.16. The van der Waals surface area contributed by atoms with E-state index < -0.39 is 18.5 Å². The van der Waals surface area contributed by atoms with Crippen LogP contribution in [-0.4, -0.2) is 36.7 Å². The van der Waals surface area contributed by atoms with Gasteiger partial charge in [0.1, 0.15) is 18.2 Å². The second kappa shape index (κ2) is 7.77. The number of nitrogens with one attached hydrogen (secondary N) is 1. The molecule has 0 bridgehead atoms. The van der Waals surface area contributed by atoms with Crippen molar-refractivity contribution in [2.45, 2.75) is 0 Å². The summed E-state index contributed by atoms with van der Waals surface area (Å²) in [5.74, 6) is 0.121. The fourth-order valence-corrected chi connectivity index (χ4v) is 4.01. The second-order valence-electron chi connectivity index (χ2n) is 5.50. The molecule has 1 aromatic carbocycles. The minimum atomic E-state index is -0.633. The van der Waals surface area contributed by atoms with Crippen LogP contribution in [0.4, 0.5) is 5.69 Å². The molecule has 9 heteroatoms. The molecule has 4 rings (SSSR count). The zero-order valence-corrected chi connectivity index (χ0v) is 15.6. The van der Waals surface area contributed by atoms with Crippen molar-refractivity contribution in [3.8, 4) is 21.4 Å². The Hall–Kier alpha value is -2.91. The molecule has 0 radical (unpaired) electrons. The quantitative estimate of drug-likeness (QED) is 0.658. The molecule has 1 N–H and O–H groups in total. The van der Waals surface area contributed by atoms with Gasteiger partial charge >= 0.3 is 5.97 Å². The van der Waals surface area contributed by atoms with Crippen LogP contribution in [0.2, 0.25) is 0 Å². The third-order valence-electron chi connectivity index (χ3n) is 3.61. The molecule has 0 saturated heterocycles. The molecular weight excluding hydrogens is 388 g/mol. The number of rotatable bonds is 5. The van der Waals surface area contributed by atoms with Crippen molar-refractivity contribution in [2.75, 3.05) is 25.1 Å². The third kappa shape index (κ3) is 4.09. The molecule has 0 fully saturated rings. The first-order valence-corrected chi connectivity index (χ1v) is 9.81. The number of hydrogen-bond acceptors (Lipinski definition) is 8. The Kier molecular flexibility index (Phi) is 5.03. The summed E-state index contributed by atoms with van der Waals surface area (Å²) >= 11 is 2.90. The number of hydrogen-bond donors (Lipinski definition) is 1. The van der Waals surface area contributed by atoms with Crippen molar-refractivity contribution < 1.29 is 23.8 Å². The van der Waals surface area contributed by atoms with Crippen molar-refractivity contribution in [3.05, 3.63) is 46.8 Å². The van der Waals surface area contributed by atoms with E-state index in [1.807, 2.05) is 17.5 Å². The van der Waals surface area contributed by atoms with Crippen molar-refractivity contribution in [1.82, 2.24) is 4.98 Å². The molecule has 2 aromatic heterocycles. The lowest BCUT2D eigenvalue weighted by Crippen LogP contribution is -2.21. The van der Waals surface area contributed by atoms with Gasteiger partial charge in [0.2, 0.25) is 0 Å². The Balaban J connectivity index is 1.32. The van der Waals surface area contributed by atoms with Crippen LogP contribution in [0.3, 0.4) is 0 Å². The number of nitrogens with zero attached hydrogens (tertiary/aromatic N) is 1. The SMILES string of the molecule is O=C(COC(=O)c1csc(-c2cccs2)n1)Nc1ccc2c(c1)OCCO2. The third-order valence-corrected chi connectivity index (χ3v) is 5.49. The molecule has 0 unspecified atom stereocenters. The summed E-state index contributed by atoms with van der Waals surface area (Å²) in [5.41, 5.74) is 0.726. The number of amides is 1. The van der Waals surface area contributed by atoms with Crippen LogP contribution in [-0.2, 0) is 9.53 Å². The topological polar surface area (TPSA) is 86.8 Å². The van der Waals surface area contributed by atoms with Gasteiger partial charge in [-0.15, -0.1) is 22.7 Å². The van der Waals surface area contributed by atoms with Crippen molar-refractivity contribution in [3.63, 3.8) is 0 Å². The molecule has 138 valence electrons. The Morgan fingerprint density at radius 3 is 2.81 bits per heavy atom. The van der Waals surface area contributed by atoms with Gasteiger partial charge in [-0.1, -0.05) is 6.07 Å². The number of thiophene rings is 1. The van der Waals surface area contributed by atoms with Crippen LogP contribution in [0.15, 0.2) is 41.1 Å². The molecule has 27 heavy (non-hydrogen) atoms. The minimum absolute atomic E-state index is 0.190. The number of ether oxygens (including phenoxy) is 3. The van der Waals surface area contributed by atoms with Gasteiger partial charge in [-0.2, -0.15) is 0 Å². The lowest BCUT2D eigenvalue weighted by atomic mass is 10.2. The molecule has 0 spiro atoms. The van der Waals surface area contributed by atoms with E-state index in [1.54, 1.807) is 34.9 Å². The van der Waals surface area contributed by atoms with Gasteiger partial charge in [0.25, 0.3) is 5.91 Å². The van der Waals surface area contributed by atoms with E-state index >= 15 is 0 Å². The Labute approximate surface area is 162 Å². The van der Waals surface area contributed by atoms with Crippen molar-refractivity contribution in [1.29, 1.82) is 0 Å². The highest BCUT2D eigenvalue weighted by Crippen LogP contribution is 2.32. The molecule has 7 nitrogen and oxygen atoms in total. The molecule has 1 aliphatic heterocycles. The largest absolute Gasteiger partial charge is 0.486 e. The van der Waals surface area contributed by atoms with E-state index in [-0.39, 0.29) is 5.69 Å². The van der Waals surface area contributed by atoms with Gasteiger partial charge in [0.05, 0.1) is 4.88 Å². The van der Waals surface area contributed by atoms with E-state index in [0.29, 0.717) is 30.4 Å². The van der Waals surface area contributed by atoms with Crippen LogP contribution in [0.25, 0.3) is 9.88 Å². The number of carbonyl (C=O) groups excluding carboxylic acids is 2. The lowest BCUT2D eigenvalue weighted by molar-refractivity contribution is -0.119. The number of esters is 1. The van der Waals surface area contributed by atoms with Gasteiger partial charge in [0.15, 0.2) is 23.8 Å². The van der Waals surface area contributed by atoms with E-state index in [0.717, 1.165) is 9.88 Å².